The maximum Gasteiger partial charge on any atom is 0.328 e. The van der Waals surface area contributed by atoms with E-state index in [4.69, 9.17) is 16.3 Å². The number of ether oxygens (including phenoxy) is 1. The van der Waals surface area contributed by atoms with Gasteiger partial charge in [0.1, 0.15) is 15.9 Å². The number of hydrogen-bond donors (Lipinski definition) is 1. The van der Waals surface area contributed by atoms with Crippen LogP contribution in [0.25, 0.3) is 9.88 Å². The van der Waals surface area contributed by atoms with Gasteiger partial charge in [0.05, 0.1) is 21.5 Å². The van der Waals surface area contributed by atoms with Crippen molar-refractivity contribution in [3.05, 3.63) is 27.0 Å². The van der Waals surface area contributed by atoms with Crippen LogP contribution in [0.5, 0.6) is 0 Å². The molecule has 0 bridgehead atoms. The van der Waals surface area contributed by atoms with Crippen LogP contribution in [-0.4, -0.2) is 29.5 Å². The normalized spacial score (nSPS) is 12.0. The molecule has 2 heterocycles. The lowest BCUT2D eigenvalue weighted by atomic mass is 10.3. The van der Waals surface area contributed by atoms with Gasteiger partial charge in [-0.2, -0.15) is 0 Å². The zero-order chi connectivity index (χ0) is 16.3. The van der Waals surface area contributed by atoms with Crippen LogP contribution in [0.4, 0.5) is 0 Å². The molecule has 1 unspecified atom stereocenters. The summed E-state index contributed by atoms with van der Waals surface area (Å²) in [5.41, 5.74) is 0.623. The van der Waals surface area contributed by atoms with E-state index in [-0.39, 0.29) is 12.5 Å². The first-order chi connectivity index (χ1) is 10.4. The molecule has 5 nitrogen and oxygen atoms in total. The van der Waals surface area contributed by atoms with Crippen molar-refractivity contribution in [3.63, 3.8) is 0 Å². The number of hydrogen-bond acceptors (Lipinski definition) is 6. The number of thiazole rings is 1. The Morgan fingerprint density at radius 3 is 2.73 bits per heavy atom. The van der Waals surface area contributed by atoms with Crippen molar-refractivity contribution in [2.75, 3.05) is 6.61 Å². The van der Waals surface area contributed by atoms with E-state index in [1.165, 1.54) is 22.7 Å². The minimum Gasteiger partial charge on any atom is -0.464 e. The second kappa shape index (κ2) is 7.21. The molecule has 8 heteroatoms. The fraction of sp³-hybridized carbons (Fsp3) is 0.357. The van der Waals surface area contributed by atoms with Crippen molar-refractivity contribution < 1.29 is 14.3 Å². The first-order valence-corrected chi connectivity index (χ1v) is 8.64. The van der Waals surface area contributed by atoms with Crippen molar-refractivity contribution >= 4 is 46.2 Å². The van der Waals surface area contributed by atoms with Gasteiger partial charge in [-0.25, -0.2) is 9.78 Å². The van der Waals surface area contributed by atoms with Crippen LogP contribution in [0.2, 0.25) is 4.34 Å². The molecule has 2 aromatic rings. The highest BCUT2D eigenvalue weighted by atomic mass is 35.5. The number of aromatic nitrogens is 1. The van der Waals surface area contributed by atoms with Gasteiger partial charge in [-0.1, -0.05) is 11.6 Å². The average Bonchev–Trinajstić information content (AvgIpc) is 3.05. The van der Waals surface area contributed by atoms with Gasteiger partial charge < -0.3 is 10.1 Å². The zero-order valence-corrected chi connectivity index (χ0v) is 14.7. The van der Waals surface area contributed by atoms with Crippen LogP contribution in [-0.2, 0) is 9.53 Å². The van der Waals surface area contributed by atoms with Gasteiger partial charge in [-0.15, -0.1) is 22.7 Å². The Bertz CT molecular complexity index is 696. The molecule has 0 saturated carbocycles. The summed E-state index contributed by atoms with van der Waals surface area (Å²) in [4.78, 5) is 29.6. The summed E-state index contributed by atoms with van der Waals surface area (Å²) in [5.74, 6) is -0.785. The molecule has 0 aliphatic carbocycles. The number of esters is 1. The number of nitrogens with zero attached hydrogens (tertiary/aromatic N) is 1. The van der Waals surface area contributed by atoms with Gasteiger partial charge in [-0.3, -0.25) is 4.79 Å². The van der Waals surface area contributed by atoms with E-state index in [0.29, 0.717) is 14.9 Å². The molecule has 0 aliphatic rings. The van der Waals surface area contributed by atoms with E-state index in [1.807, 2.05) is 6.07 Å². The van der Waals surface area contributed by atoms with E-state index in [1.54, 1.807) is 26.8 Å². The third kappa shape index (κ3) is 3.85. The van der Waals surface area contributed by atoms with Crippen LogP contribution in [0.1, 0.15) is 29.2 Å². The highest BCUT2D eigenvalue weighted by molar-refractivity contribution is 7.24. The molecule has 1 N–H and O–H groups in total. The van der Waals surface area contributed by atoms with Gasteiger partial charge in [-0.05, 0) is 32.9 Å². The van der Waals surface area contributed by atoms with Crippen molar-refractivity contribution in [1.82, 2.24) is 10.3 Å². The van der Waals surface area contributed by atoms with Crippen molar-refractivity contribution in [2.24, 2.45) is 0 Å². The first kappa shape index (κ1) is 16.9. The molecule has 1 amide bonds. The van der Waals surface area contributed by atoms with Crippen LogP contribution in [0, 0.1) is 6.92 Å². The Balaban J connectivity index is 2.14. The smallest absolute Gasteiger partial charge is 0.328 e. The Kier molecular flexibility index (Phi) is 5.55. The summed E-state index contributed by atoms with van der Waals surface area (Å²) in [5, 5.41) is 3.37. The van der Waals surface area contributed by atoms with Crippen molar-refractivity contribution in [2.45, 2.75) is 26.8 Å². The van der Waals surface area contributed by atoms with E-state index in [2.05, 4.69) is 10.3 Å². The number of halogens is 1. The maximum absolute atomic E-state index is 12.3. The molecule has 0 spiro atoms. The minimum atomic E-state index is -0.700. The van der Waals surface area contributed by atoms with Crippen LogP contribution >= 0.6 is 34.3 Å². The predicted molar refractivity (Wildman–Crippen MR) is 88.7 cm³/mol. The van der Waals surface area contributed by atoms with Gasteiger partial charge >= 0.3 is 5.97 Å². The van der Waals surface area contributed by atoms with Gasteiger partial charge in [0.25, 0.3) is 5.91 Å². The number of carbonyl (C=O) groups is 2. The van der Waals surface area contributed by atoms with Gasteiger partial charge in [0, 0.05) is 0 Å². The highest BCUT2D eigenvalue weighted by Crippen LogP contribution is 2.34. The average molecular weight is 359 g/mol. The summed E-state index contributed by atoms with van der Waals surface area (Å²) < 4.78 is 5.54. The predicted octanol–water partition coefficient (Wildman–Crippen LogP) is 3.51. The van der Waals surface area contributed by atoms with E-state index < -0.39 is 12.0 Å². The lowest BCUT2D eigenvalue weighted by Gasteiger charge is -2.11. The number of nitrogens with one attached hydrogen (secondary N) is 1. The molecule has 0 aliphatic heterocycles. The summed E-state index contributed by atoms with van der Waals surface area (Å²) >= 11 is 8.60. The molecule has 0 radical (unpaired) electrons. The van der Waals surface area contributed by atoms with Crippen molar-refractivity contribution in [3.8, 4) is 9.88 Å². The molecule has 0 fully saturated rings. The topological polar surface area (TPSA) is 68.3 Å². The molecule has 118 valence electrons. The van der Waals surface area contributed by atoms with Crippen molar-refractivity contribution in [1.29, 1.82) is 0 Å². The SMILES string of the molecule is CCOC(=O)C(C)NC(=O)c1sc(-c2ccc(Cl)s2)nc1C. The zero-order valence-electron chi connectivity index (χ0n) is 12.3. The molecule has 0 aromatic carbocycles. The summed E-state index contributed by atoms with van der Waals surface area (Å²) in [6.45, 7) is 5.35. The van der Waals surface area contributed by atoms with Crippen LogP contribution in [0.3, 0.4) is 0 Å². The second-order valence-corrected chi connectivity index (χ2v) is 7.20. The molecule has 2 aromatic heterocycles. The largest absolute Gasteiger partial charge is 0.464 e. The molecule has 1 atom stereocenters. The van der Waals surface area contributed by atoms with Crippen LogP contribution < -0.4 is 5.32 Å². The number of amides is 1. The number of thiophene rings is 1. The van der Waals surface area contributed by atoms with Crippen LogP contribution in [0.15, 0.2) is 12.1 Å². The summed E-state index contributed by atoms with van der Waals surface area (Å²) in [6, 6.07) is 2.96. The first-order valence-electron chi connectivity index (χ1n) is 6.63. The third-order valence-electron chi connectivity index (χ3n) is 2.77. The molecular formula is C14H15ClN2O3S2. The highest BCUT2D eigenvalue weighted by Gasteiger charge is 2.22. The van der Waals surface area contributed by atoms with E-state index >= 15 is 0 Å². The summed E-state index contributed by atoms with van der Waals surface area (Å²) in [7, 11) is 0. The maximum atomic E-state index is 12.3. The minimum absolute atomic E-state index is 0.280. The molecular weight excluding hydrogens is 344 g/mol. The number of aryl methyl sites for hydroxylation is 1. The lowest BCUT2D eigenvalue weighted by Crippen LogP contribution is -2.39. The Labute approximate surface area is 141 Å². The van der Waals surface area contributed by atoms with E-state index in [9.17, 15) is 9.59 Å². The lowest BCUT2D eigenvalue weighted by molar-refractivity contribution is -0.144. The Hall–Kier alpha value is -1.44. The second-order valence-electron chi connectivity index (χ2n) is 4.48. The quantitative estimate of drug-likeness (QED) is 0.830. The molecule has 22 heavy (non-hydrogen) atoms. The fourth-order valence-corrected chi connectivity index (χ4v) is 3.80. The number of carbonyl (C=O) groups excluding carboxylic acids is 2. The number of rotatable bonds is 5. The van der Waals surface area contributed by atoms with Gasteiger partial charge in [0.2, 0.25) is 0 Å². The summed E-state index contributed by atoms with van der Waals surface area (Å²) in [6.07, 6.45) is 0. The van der Waals surface area contributed by atoms with Gasteiger partial charge in [0.15, 0.2) is 0 Å². The third-order valence-corrected chi connectivity index (χ3v) is 5.33. The standard InChI is InChI=1S/C14H15ClN2O3S2/c1-4-20-14(19)8(3)16-12(18)11-7(2)17-13(22-11)9-5-6-10(15)21-9/h5-6,8H,4H2,1-3H3,(H,16,18). The van der Waals surface area contributed by atoms with E-state index in [0.717, 1.165) is 9.88 Å². The fourth-order valence-electron chi connectivity index (χ4n) is 1.73. The molecule has 2 rings (SSSR count). The monoisotopic (exact) mass is 358 g/mol. The Morgan fingerprint density at radius 2 is 2.14 bits per heavy atom. The molecule has 0 saturated heterocycles. The Morgan fingerprint density at radius 1 is 1.41 bits per heavy atom.